The van der Waals surface area contributed by atoms with Crippen LogP contribution in [0.5, 0.6) is 5.75 Å². The smallest absolute Gasteiger partial charge is 0.265 e. The molecule has 3 nitrogen and oxygen atoms in total. The minimum absolute atomic E-state index is 0.170. The Hall–Kier alpha value is -2.14. The van der Waals surface area contributed by atoms with Crippen LogP contribution < -0.4 is 10.1 Å². The van der Waals surface area contributed by atoms with Crippen molar-refractivity contribution >= 4 is 23.2 Å². The molecule has 0 unspecified atom stereocenters. The van der Waals surface area contributed by atoms with Gasteiger partial charge < -0.3 is 10.1 Å². The van der Waals surface area contributed by atoms with Crippen LogP contribution in [0.1, 0.15) is 18.9 Å². The average Bonchev–Trinajstić information content (AvgIpc) is 2.52. The molecule has 0 spiro atoms. The van der Waals surface area contributed by atoms with Crippen molar-refractivity contribution in [2.75, 3.05) is 5.32 Å². The van der Waals surface area contributed by atoms with E-state index in [0.717, 1.165) is 17.7 Å². The van der Waals surface area contributed by atoms with E-state index in [0.29, 0.717) is 17.2 Å². The van der Waals surface area contributed by atoms with Crippen LogP contribution in [0.2, 0.25) is 5.02 Å². The molecule has 0 saturated carbocycles. The fourth-order valence-corrected chi connectivity index (χ4v) is 2.09. The fourth-order valence-electron chi connectivity index (χ4n) is 1.97. The molecule has 0 radical (unpaired) electrons. The van der Waals surface area contributed by atoms with Gasteiger partial charge in [-0.25, -0.2) is 8.78 Å². The molecule has 1 atom stereocenters. The van der Waals surface area contributed by atoms with Gasteiger partial charge in [0.2, 0.25) is 0 Å². The summed E-state index contributed by atoms with van der Waals surface area (Å²) in [6.07, 6.45) is -0.347. The topological polar surface area (TPSA) is 38.3 Å². The van der Waals surface area contributed by atoms with Crippen molar-refractivity contribution in [1.82, 2.24) is 0 Å². The van der Waals surface area contributed by atoms with Crippen molar-refractivity contribution in [2.24, 2.45) is 0 Å². The molecular formula is C17H16ClF2NO2. The second-order valence-electron chi connectivity index (χ2n) is 5.04. The lowest BCUT2D eigenvalue weighted by Gasteiger charge is -2.18. The van der Waals surface area contributed by atoms with Gasteiger partial charge in [0.1, 0.15) is 5.75 Å². The van der Waals surface area contributed by atoms with Gasteiger partial charge >= 0.3 is 0 Å². The minimum Gasteiger partial charge on any atom is -0.481 e. The molecule has 0 aliphatic carbocycles. The van der Waals surface area contributed by atoms with Crippen LogP contribution in [0, 0.1) is 18.6 Å². The Labute approximate surface area is 138 Å². The zero-order valence-electron chi connectivity index (χ0n) is 12.7. The van der Waals surface area contributed by atoms with E-state index < -0.39 is 23.6 Å². The fraction of sp³-hybridized carbons (Fsp3) is 0.235. The highest BCUT2D eigenvalue weighted by Gasteiger charge is 2.19. The summed E-state index contributed by atoms with van der Waals surface area (Å²) >= 11 is 5.95. The van der Waals surface area contributed by atoms with Crippen molar-refractivity contribution in [1.29, 1.82) is 0 Å². The number of carbonyl (C=O) groups is 1. The lowest BCUT2D eigenvalue weighted by atomic mass is 10.2. The number of ether oxygens (including phenoxy) is 1. The Balaban J connectivity index is 2.08. The number of hydrogen-bond donors (Lipinski definition) is 1. The van der Waals surface area contributed by atoms with Gasteiger partial charge in [0, 0.05) is 16.8 Å². The largest absolute Gasteiger partial charge is 0.481 e. The molecule has 2 aromatic carbocycles. The summed E-state index contributed by atoms with van der Waals surface area (Å²) < 4.78 is 31.7. The van der Waals surface area contributed by atoms with Crippen molar-refractivity contribution in [3.63, 3.8) is 0 Å². The van der Waals surface area contributed by atoms with Crippen LogP contribution >= 0.6 is 11.6 Å². The molecule has 0 fully saturated rings. The lowest BCUT2D eigenvalue weighted by molar-refractivity contribution is -0.122. The van der Waals surface area contributed by atoms with Gasteiger partial charge in [0.25, 0.3) is 5.91 Å². The number of rotatable bonds is 5. The molecule has 2 aromatic rings. The first-order chi connectivity index (χ1) is 10.9. The van der Waals surface area contributed by atoms with Crippen LogP contribution in [0.25, 0.3) is 0 Å². The van der Waals surface area contributed by atoms with E-state index in [1.54, 1.807) is 25.1 Å². The third-order valence-corrected chi connectivity index (χ3v) is 3.68. The summed E-state index contributed by atoms with van der Waals surface area (Å²) in [5.41, 5.74) is 1.00. The Morgan fingerprint density at radius 2 is 1.96 bits per heavy atom. The van der Waals surface area contributed by atoms with E-state index in [1.165, 1.54) is 6.07 Å². The van der Waals surface area contributed by atoms with Crippen LogP contribution in [-0.4, -0.2) is 12.0 Å². The number of carbonyl (C=O) groups excluding carboxylic acids is 1. The first-order valence-electron chi connectivity index (χ1n) is 7.09. The standard InChI is InChI=1S/C17H16ClF2NO2/c1-3-16(23-12-5-6-13(18)10(2)8-12)17(22)21-11-4-7-14(19)15(20)9-11/h4-9,16H,3H2,1-2H3,(H,21,22)/t16-/m0/s1. The Bertz CT molecular complexity index is 722. The second-order valence-corrected chi connectivity index (χ2v) is 5.45. The number of halogens is 3. The summed E-state index contributed by atoms with van der Waals surface area (Å²) in [6, 6.07) is 8.25. The molecule has 2 rings (SSSR count). The molecule has 0 aromatic heterocycles. The first kappa shape index (κ1) is 17.2. The van der Waals surface area contributed by atoms with Gasteiger partial charge in [-0.05, 0) is 49.2 Å². The highest BCUT2D eigenvalue weighted by atomic mass is 35.5. The third kappa shape index (κ3) is 4.42. The maximum atomic E-state index is 13.2. The van der Waals surface area contributed by atoms with Crippen LogP contribution in [0.4, 0.5) is 14.5 Å². The molecule has 0 aliphatic heterocycles. The normalized spacial score (nSPS) is 11.9. The van der Waals surface area contributed by atoms with E-state index in [-0.39, 0.29) is 5.69 Å². The number of benzene rings is 2. The maximum absolute atomic E-state index is 13.2. The molecule has 1 amide bonds. The molecule has 0 saturated heterocycles. The predicted molar refractivity (Wildman–Crippen MR) is 85.9 cm³/mol. The second kappa shape index (κ2) is 7.42. The minimum atomic E-state index is -1.02. The van der Waals surface area contributed by atoms with Gasteiger partial charge in [-0.3, -0.25) is 4.79 Å². The highest BCUT2D eigenvalue weighted by molar-refractivity contribution is 6.31. The van der Waals surface area contributed by atoms with Crippen molar-refractivity contribution in [2.45, 2.75) is 26.4 Å². The Kier molecular flexibility index (Phi) is 5.55. The predicted octanol–water partition coefficient (Wildman–Crippen LogP) is 4.72. The van der Waals surface area contributed by atoms with E-state index in [9.17, 15) is 13.6 Å². The summed E-state index contributed by atoms with van der Waals surface area (Å²) in [4.78, 5) is 12.2. The van der Waals surface area contributed by atoms with Gasteiger partial charge in [-0.2, -0.15) is 0 Å². The van der Waals surface area contributed by atoms with Crippen LogP contribution in [0.15, 0.2) is 36.4 Å². The van der Waals surface area contributed by atoms with E-state index in [4.69, 9.17) is 16.3 Å². The molecule has 0 aliphatic rings. The Morgan fingerprint density at radius 3 is 2.57 bits per heavy atom. The SMILES string of the molecule is CC[C@H](Oc1ccc(Cl)c(C)c1)C(=O)Nc1ccc(F)c(F)c1. The molecule has 0 heterocycles. The van der Waals surface area contributed by atoms with Crippen molar-refractivity contribution in [3.8, 4) is 5.75 Å². The molecule has 1 N–H and O–H groups in total. The van der Waals surface area contributed by atoms with Gasteiger partial charge in [0.15, 0.2) is 17.7 Å². The first-order valence-corrected chi connectivity index (χ1v) is 7.47. The molecular weight excluding hydrogens is 324 g/mol. The number of anilines is 1. The zero-order valence-corrected chi connectivity index (χ0v) is 13.5. The van der Waals surface area contributed by atoms with Crippen LogP contribution in [-0.2, 0) is 4.79 Å². The number of aryl methyl sites for hydroxylation is 1. The number of amides is 1. The maximum Gasteiger partial charge on any atom is 0.265 e. The zero-order chi connectivity index (χ0) is 17.0. The summed E-state index contributed by atoms with van der Waals surface area (Å²) in [7, 11) is 0. The van der Waals surface area contributed by atoms with E-state index >= 15 is 0 Å². The quantitative estimate of drug-likeness (QED) is 0.855. The van der Waals surface area contributed by atoms with E-state index in [2.05, 4.69) is 5.32 Å². The summed E-state index contributed by atoms with van der Waals surface area (Å²) in [5, 5.41) is 3.12. The average molecular weight is 340 g/mol. The van der Waals surface area contributed by atoms with Gasteiger partial charge in [-0.15, -0.1) is 0 Å². The molecule has 0 bridgehead atoms. The van der Waals surface area contributed by atoms with Crippen molar-refractivity contribution in [3.05, 3.63) is 58.6 Å². The third-order valence-electron chi connectivity index (χ3n) is 3.26. The van der Waals surface area contributed by atoms with E-state index in [1.807, 2.05) is 6.92 Å². The van der Waals surface area contributed by atoms with Gasteiger partial charge in [-0.1, -0.05) is 18.5 Å². The van der Waals surface area contributed by atoms with Crippen LogP contribution in [0.3, 0.4) is 0 Å². The highest BCUT2D eigenvalue weighted by Crippen LogP contribution is 2.23. The monoisotopic (exact) mass is 339 g/mol. The summed E-state index contributed by atoms with van der Waals surface area (Å²) in [6.45, 7) is 3.62. The lowest BCUT2D eigenvalue weighted by Crippen LogP contribution is -2.32. The molecule has 23 heavy (non-hydrogen) atoms. The Morgan fingerprint density at radius 1 is 1.22 bits per heavy atom. The number of nitrogens with one attached hydrogen (secondary N) is 1. The summed E-state index contributed by atoms with van der Waals surface area (Å²) in [5.74, 6) is -1.92. The van der Waals surface area contributed by atoms with Crippen molar-refractivity contribution < 1.29 is 18.3 Å². The molecule has 122 valence electrons. The van der Waals surface area contributed by atoms with Gasteiger partial charge in [0.05, 0.1) is 0 Å². The number of hydrogen-bond acceptors (Lipinski definition) is 2. The molecule has 6 heteroatoms.